The van der Waals surface area contributed by atoms with Crippen molar-refractivity contribution in [3.63, 3.8) is 0 Å². The summed E-state index contributed by atoms with van der Waals surface area (Å²) in [5.74, 6) is 1.13. The van der Waals surface area contributed by atoms with E-state index in [9.17, 15) is 4.79 Å². The number of hydrogen-bond acceptors (Lipinski definition) is 3. The standard InChI is InChI=1S/C16H15ClO3/c1-11(18)15-8-7-14(19-2)9-16(15)20-10-12-3-5-13(17)6-4-12/h3-9H,10H2,1-2H3. The number of methoxy groups -OCH3 is 1. The third-order valence-electron chi connectivity index (χ3n) is 2.88. The molecule has 0 aliphatic carbocycles. The van der Waals surface area contributed by atoms with Crippen LogP contribution in [0.4, 0.5) is 0 Å². The van der Waals surface area contributed by atoms with Crippen LogP contribution < -0.4 is 9.47 Å². The van der Waals surface area contributed by atoms with Crippen LogP contribution in [-0.2, 0) is 6.61 Å². The van der Waals surface area contributed by atoms with Crippen LogP contribution in [0.5, 0.6) is 11.5 Å². The van der Waals surface area contributed by atoms with Gasteiger partial charge in [-0.2, -0.15) is 0 Å². The van der Waals surface area contributed by atoms with Crippen molar-refractivity contribution in [1.82, 2.24) is 0 Å². The summed E-state index contributed by atoms with van der Waals surface area (Å²) in [5.41, 5.74) is 1.52. The van der Waals surface area contributed by atoms with E-state index in [1.165, 1.54) is 6.92 Å². The first-order valence-corrected chi connectivity index (χ1v) is 6.54. The van der Waals surface area contributed by atoms with Crippen LogP contribution in [0.25, 0.3) is 0 Å². The summed E-state index contributed by atoms with van der Waals surface area (Å²) in [7, 11) is 1.58. The average Bonchev–Trinajstić information content (AvgIpc) is 2.46. The summed E-state index contributed by atoms with van der Waals surface area (Å²) in [4.78, 5) is 11.6. The first kappa shape index (κ1) is 14.4. The number of halogens is 1. The maximum atomic E-state index is 11.6. The van der Waals surface area contributed by atoms with Gasteiger partial charge >= 0.3 is 0 Å². The Morgan fingerprint density at radius 2 is 1.85 bits per heavy atom. The van der Waals surface area contributed by atoms with Gasteiger partial charge in [0.05, 0.1) is 12.7 Å². The van der Waals surface area contributed by atoms with Crippen molar-refractivity contribution in [2.75, 3.05) is 7.11 Å². The van der Waals surface area contributed by atoms with Gasteiger partial charge in [0.25, 0.3) is 0 Å². The quantitative estimate of drug-likeness (QED) is 0.777. The normalized spacial score (nSPS) is 10.2. The molecular weight excluding hydrogens is 276 g/mol. The van der Waals surface area contributed by atoms with E-state index in [4.69, 9.17) is 21.1 Å². The minimum atomic E-state index is -0.0428. The third kappa shape index (κ3) is 3.52. The second-order valence-corrected chi connectivity index (χ2v) is 4.77. The molecule has 0 fully saturated rings. The first-order valence-electron chi connectivity index (χ1n) is 6.16. The first-order chi connectivity index (χ1) is 9.60. The molecule has 0 unspecified atom stereocenters. The second-order valence-electron chi connectivity index (χ2n) is 4.33. The molecule has 0 radical (unpaired) electrons. The van der Waals surface area contributed by atoms with Crippen LogP contribution in [0, 0.1) is 0 Å². The zero-order chi connectivity index (χ0) is 14.5. The summed E-state index contributed by atoms with van der Waals surface area (Å²) in [6, 6.07) is 12.5. The molecule has 0 saturated heterocycles. The number of carbonyl (C=O) groups is 1. The van der Waals surface area contributed by atoms with E-state index in [0.29, 0.717) is 28.7 Å². The summed E-state index contributed by atoms with van der Waals surface area (Å²) < 4.78 is 10.9. The predicted octanol–water partition coefficient (Wildman–Crippen LogP) is 4.13. The lowest BCUT2D eigenvalue weighted by Gasteiger charge is -2.11. The molecule has 0 N–H and O–H groups in total. The van der Waals surface area contributed by atoms with Gasteiger partial charge in [-0.15, -0.1) is 0 Å². The molecular formula is C16H15ClO3. The molecule has 0 aliphatic rings. The number of rotatable bonds is 5. The smallest absolute Gasteiger partial charge is 0.163 e. The molecule has 0 spiro atoms. The fourth-order valence-corrected chi connectivity index (χ4v) is 1.91. The van der Waals surface area contributed by atoms with Crippen LogP contribution in [0.15, 0.2) is 42.5 Å². The van der Waals surface area contributed by atoms with Crippen LogP contribution >= 0.6 is 11.6 Å². The number of hydrogen-bond donors (Lipinski definition) is 0. The molecule has 2 rings (SSSR count). The number of carbonyl (C=O) groups excluding carboxylic acids is 1. The van der Waals surface area contributed by atoms with Gasteiger partial charge in [0.2, 0.25) is 0 Å². The zero-order valence-corrected chi connectivity index (χ0v) is 12.1. The Balaban J connectivity index is 2.18. The molecule has 3 nitrogen and oxygen atoms in total. The van der Waals surface area contributed by atoms with Gasteiger partial charge in [-0.05, 0) is 36.8 Å². The van der Waals surface area contributed by atoms with Crippen molar-refractivity contribution in [2.45, 2.75) is 13.5 Å². The second kappa shape index (κ2) is 6.44. The van der Waals surface area contributed by atoms with Gasteiger partial charge in [0, 0.05) is 11.1 Å². The molecule has 0 bridgehead atoms. The molecule has 0 aromatic heterocycles. The predicted molar refractivity (Wildman–Crippen MR) is 78.8 cm³/mol. The SMILES string of the molecule is COc1ccc(C(C)=O)c(OCc2ccc(Cl)cc2)c1. The Hall–Kier alpha value is -2.00. The van der Waals surface area contributed by atoms with Crippen molar-refractivity contribution in [1.29, 1.82) is 0 Å². The molecule has 2 aromatic rings. The average molecular weight is 291 g/mol. The third-order valence-corrected chi connectivity index (χ3v) is 3.13. The van der Waals surface area contributed by atoms with Crippen molar-refractivity contribution in [3.8, 4) is 11.5 Å². The van der Waals surface area contributed by atoms with Crippen LogP contribution in [0.1, 0.15) is 22.8 Å². The highest BCUT2D eigenvalue weighted by atomic mass is 35.5. The van der Waals surface area contributed by atoms with Crippen LogP contribution in [-0.4, -0.2) is 12.9 Å². The van der Waals surface area contributed by atoms with E-state index in [2.05, 4.69) is 0 Å². The Bertz CT molecular complexity index is 606. The van der Waals surface area contributed by atoms with E-state index in [1.54, 1.807) is 37.4 Å². The monoisotopic (exact) mass is 290 g/mol. The lowest BCUT2D eigenvalue weighted by molar-refractivity contribution is 0.101. The maximum Gasteiger partial charge on any atom is 0.163 e. The number of benzene rings is 2. The molecule has 0 heterocycles. The van der Waals surface area contributed by atoms with Crippen molar-refractivity contribution in [2.24, 2.45) is 0 Å². The highest BCUT2D eigenvalue weighted by molar-refractivity contribution is 6.30. The summed E-state index contributed by atoms with van der Waals surface area (Å²) >= 11 is 5.83. The maximum absolute atomic E-state index is 11.6. The van der Waals surface area contributed by atoms with Crippen molar-refractivity contribution in [3.05, 3.63) is 58.6 Å². The summed E-state index contributed by atoms with van der Waals surface area (Å²) in [6.45, 7) is 1.88. The van der Waals surface area contributed by atoms with Gasteiger partial charge in [0.1, 0.15) is 18.1 Å². The molecule has 0 saturated carbocycles. The Morgan fingerprint density at radius 3 is 2.45 bits per heavy atom. The minimum absolute atomic E-state index is 0.0428. The molecule has 104 valence electrons. The number of ketones is 1. The van der Waals surface area contributed by atoms with Crippen molar-refractivity contribution < 1.29 is 14.3 Å². The van der Waals surface area contributed by atoms with Gasteiger partial charge in [-0.3, -0.25) is 4.79 Å². The van der Waals surface area contributed by atoms with Crippen LogP contribution in [0.3, 0.4) is 0 Å². The van der Waals surface area contributed by atoms with E-state index in [1.807, 2.05) is 12.1 Å². The lowest BCUT2D eigenvalue weighted by atomic mass is 10.1. The van der Waals surface area contributed by atoms with E-state index in [-0.39, 0.29) is 5.78 Å². The summed E-state index contributed by atoms with van der Waals surface area (Å²) in [5, 5.41) is 0.680. The van der Waals surface area contributed by atoms with Gasteiger partial charge in [-0.1, -0.05) is 23.7 Å². The highest BCUT2D eigenvalue weighted by Crippen LogP contribution is 2.26. The molecule has 20 heavy (non-hydrogen) atoms. The Morgan fingerprint density at radius 1 is 1.15 bits per heavy atom. The van der Waals surface area contributed by atoms with Crippen molar-refractivity contribution >= 4 is 17.4 Å². The molecule has 0 aliphatic heterocycles. The number of Topliss-reactive ketones (excluding diaryl/α,β-unsaturated/α-hetero) is 1. The minimum Gasteiger partial charge on any atom is -0.497 e. The molecule has 2 aromatic carbocycles. The molecule has 4 heteroatoms. The van der Waals surface area contributed by atoms with Gasteiger partial charge in [-0.25, -0.2) is 0 Å². The summed E-state index contributed by atoms with van der Waals surface area (Å²) in [6.07, 6.45) is 0. The lowest BCUT2D eigenvalue weighted by Crippen LogP contribution is -2.02. The molecule has 0 atom stereocenters. The Kier molecular flexibility index (Phi) is 4.64. The Labute approximate surface area is 123 Å². The number of ether oxygens (including phenoxy) is 2. The fourth-order valence-electron chi connectivity index (χ4n) is 1.78. The fraction of sp³-hybridized carbons (Fsp3) is 0.188. The molecule has 0 amide bonds. The van der Waals surface area contributed by atoms with Crippen LogP contribution in [0.2, 0.25) is 5.02 Å². The topological polar surface area (TPSA) is 35.5 Å². The largest absolute Gasteiger partial charge is 0.497 e. The van der Waals surface area contributed by atoms with E-state index < -0.39 is 0 Å². The van der Waals surface area contributed by atoms with Gasteiger partial charge in [0.15, 0.2) is 5.78 Å². The zero-order valence-electron chi connectivity index (χ0n) is 11.4. The highest BCUT2D eigenvalue weighted by Gasteiger charge is 2.10. The van der Waals surface area contributed by atoms with Gasteiger partial charge < -0.3 is 9.47 Å². The van der Waals surface area contributed by atoms with E-state index >= 15 is 0 Å². The van der Waals surface area contributed by atoms with E-state index in [0.717, 1.165) is 5.56 Å².